The minimum atomic E-state index is -3.64. The first-order valence-electron chi connectivity index (χ1n) is 8.55. The highest BCUT2D eigenvalue weighted by Gasteiger charge is 2.15. The van der Waals surface area contributed by atoms with Crippen molar-refractivity contribution in [2.24, 2.45) is 7.05 Å². The van der Waals surface area contributed by atoms with Crippen molar-refractivity contribution in [2.45, 2.75) is 11.8 Å². The van der Waals surface area contributed by atoms with Gasteiger partial charge in [-0.05, 0) is 37.3 Å². The van der Waals surface area contributed by atoms with E-state index in [4.69, 9.17) is 0 Å². The Labute approximate surface area is 158 Å². The molecule has 0 saturated carbocycles. The van der Waals surface area contributed by atoms with Gasteiger partial charge in [0, 0.05) is 12.6 Å². The van der Waals surface area contributed by atoms with E-state index in [0.717, 1.165) is 28.0 Å². The summed E-state index contributed by atoms with van der Waals surface area (Å²) in [5, 5.41) is 0. The Morgan fingerprint density at radius 1 is 0.926 bits per heavy atom. The Morgan fingerprint density at radius 2 is 1.63 bits per heavy atom. The molecule has 136 valence electrons. The SMILES string of the molecule is Cc1ccc(S(=O)(=O)Nc2ccc3c(c2)nc(-c2ccccc2)n3C)cc1. The smallest absolute Gasteiger partial charge is 0.261 e. The molecular weight excluding hydrogens is 358 g/mol. The van der Waals surface area contributed by atoms with Crippen LogP contribution in [0.3, 0.4) is 0 Å². The lowest BCUT2D eigenvalue weighted by molar-refractivity contribution is 0.601. The Hall–Kier alpha value is -3.12. The van der Waals surface area contributed by atoms with E-state index in [9.17, 15) is 8.42 Å². The number of nitrogens with one attached hydrogen (secondary N) is 1. The van der Waals surface area contributed by atoms with Gasteiger partial charge >= 0.3 is 0 Å². The molecule has 4 rings (SSSR count). The summed E-state index contributed by atoms with van der Waals surface area (Å²) in [6.45, 7) is 1.92. The van der Waals surface area contributed by atoms with Crippen LogP contribution in [0.25, 0.3) is 22.4 Å². The second-order valence-electron chi connectivity index (χ2n) is 6.48. The lowest BCUT2D eigenvalue weighted by Crippen LogP contribution is -2.12. The fraction of sp³-hybridized carbons (Fsp3) is 0.0952. The van der Waals surface area contributed by atoms with Gasteiger partial charge in [-0.2, -0.15) is 0 Å². The molecule has 0 amide bonds. The third kappa shape index (κ3) is 3.31. The largest absolute Gasteiger partial charge is 0.327 e. The molecular formula is C21H19N3O2S. The maximum Gasteiger partial charge on any atom is 0.261 e. The van der Waals surface area contributed by atoms with Crippen LogP contribution >= 0.6 is 0 Å². The van der Waals surface area contributed by atoms with Crippen molar-refractivity contribution < 1.29 is 8.42 Å². The monoisotopic (exact) mass is 377 g/mol. The molecule has 0 aliphatic carbocycles. The Bertz CT molecular complexity index is 1210. The van der Waals surface area contributed by atoms with Gasteiger partial charge in [-0.1, -0.05) is 48.0 Å². The zero-order chi connectivity index (χ0) is 19.0. The maximum atomic E-state index is 12.6. The summed E-state index contributed by atoms with van der Waals surface area (Å²) in [7, 11) is -1.69. The molecule has 27 heavy (non-hydrogen) atoms. The van der Waals surface area contributed by atoms with Crippen LogP contribution in [0.1, 0.15) is 5.56 Å². The van der Waals surface area contributed by atoms with Crippen LogP contribution in [0.15, 0.2) is 77.7 Å². The van der Waals surface area contributed by atoms with E-state index in [0.29, 0.717) is 5.69 Å². The zero-order valence-electron chi connectivity index (χ0n) is 15.0. The van der Waals surface area contributed by atoms with Gasteiger partial charge in [0.2, 0.25) is 0 Å². The van der Waals surface area contributed by atoms with Crippen LogP contribution in [-0.2, 0) is 17.1 Å². The quantitative estimate of drug-likeness (QED) is 0.575. The highest BCUT2D eigenvalue weighted by atomic mass is 32.2. The highest BCUT2D eigenvalue weighted by Crippen LogP contribution is 2.26. The van der Waals surface area contributed by atoms with Gasteiger partial charge in [-0.25, -0.2) is 13.4 Å². The molecule has 0 radical (unpaired) electrons. The molecule has 0 saturated heterocycles. The van der Waals surface area contributed by atoms with Gasteiger partial charge in [-0.3, -0.25) is 4.72 Å². The topological polar surface area (TPSA) is 64.0 Å². The first-order chi connectivity index (χ1) is 12.9. The van der Waals surface area contributed by atoms with Crippen molar-refractivity contribution in [3.8, 4) is 11.4 Å². The molecule has 0 aliphatic heterocycles. The van der Waals surface area contributed by atoms with Crippen molar-refractivity contribution in [2.75, 3.05) is 4.72 Å². The zero-order valence-corrected chi connectivity index (χ0v) is 15.9. The molecule has 0 spiro atoms. The number of aromatic nitrogens is 2. The van der Waals surface area contributed by atoms with Crippen LogP contribution < -0.4 is 4.72 Å². The Kier molecular flexibility index (Phi) is 4.20. The molecule has 0 unspecified atom stereocenters. The summed E-state index contributed by atoms with van der Waals surface area (Å²) >= 11 is 0. The number of nitrogens with zero attached hydrogens (tertiary/aromatic N) is 2. The standard InChI is InChI=1S/C21H19N3O2S/c1-15-8-11-18(12-9-15)27(25,26)23-17-10-13-20-19(14-17)22-21(24(20)2)16-6-4-3-5-7-16/h3-14,23H,1-2H3. The third-order valence-corrected chi connectivity index (χ3v) is 5.89. The van der Waals surface area contributed by atoms with Gasteiger partial charge in [0.05, 0.1) is 21.6 Å². The summed E-state index contributed by atoms with van der Waals surface area (Å²) < 4.78 is 29.9. The molecule has 1 N–H and O–H groups in total. The molecule has 0 bridgehead atoms. The predicted octanol–water partition coefficient (Wildman–Crippen LogP) is 4.35. The summed E-state index contributed by atoms with van der Waals surface area (Å²) in [6.07, 6.45) is 0. The number of sulfonamides is 1. The average molecular weight is 377 g/mol. The van der Waals surface area contributed by atoms with Crippen LogP contribution in [0, 0.1) is 6.92 Å². The number of fused-ring (bicyclic) bond motifs is 1. The molecule has 6 heteroatoms. The number of benzene rings is 3. The number of anilines is 1. The summed E-state index contributed by atoms with van der Waals surface area (Å²) in [4.78, 5) is 4.92. The minimum absolute atomic E-state index is 0.235. The number of rotatable bonds is 4. The fourth-order valence-corrected chi connectivity index (χ4v) is 4.09. The van der Waals surface area contributed by atoms with E-state index in [1.807, 2.05) is 54.9 Å². The number of hydrogen-bond acceptors (Lipinski definition) is 3. The third-order valence-electron chi connectivity index (χ3n) is 4.50. The highest BCUT2D eigenvalue weighted by molar-refractivity contribution is 7.92. The summed E-state index contributed by atoms with van der Waals surface area (Å²) in [5.74, 6) is 0.837. The molecule has 5 nitrogen and oxygen atoms in total. The molecule has 1 aromatic heterocycles. The van der Waals surface area contributed by atoms with Crippen LogP contribution in [0.5, 0.6) is 0 Å². The van der Waals surface area contributed by atoms with E-state index < -0.39 is 10.0 Å². The number of aryl methyl sites for hydroxylation is 2. The van der Waals surface area contributed by atoms with Gasteiger partial charge in [0.1, 0.15) is 5.82 Å². The van der Waals surface area contributed by atoms with E-state index in [1.165, 1.54) is 0 Å². The second kappa shape index (κ2) is 6.55. The fourth-order valence-electron chi connectivity index (χ4n) is 3.04. The second-order valence-corrected chi connectivity index (χ2v) is 8.16. The van der Waals surface area contributed by atoms with E-state index in [2.05, 4.69) is 9.71 Å². The van der Waals surface area contributed by atoms with Gasteiger partial charge < -0.3 is 4.57 Å². The molecule has 3 aromatic carbocycles. The molecule has 0 fully saturated rings. The number of imidazole rings is 1. The lowest BCUT2D eigenvalue weighted by Gasteiger charge is -2.08. The van der Waals surface area contributed by atoms with Gasteiger partial charge in [-0.15, -0.1) is 0 Å². The van der Waals surface area contributed by atoms with E-state index >= 15 is 0 Å². The average Bonchev–Trinajstić information content (AvgIpc) is 2.98. The van der Waals surface area contributed by atoms with Crippen molar-refractivity contribution in [3.63, 3.8) is 0 Å². The lowest BCUT2D eigenvalue weighted by atomic mass is 10.2. The van der Waals surface area contributed by atoms with Crippen molar-refractivity contribution in [3.05, 3.63) is 78.4 Å². The summed E-state index contributed by atoms with van der Waals surface area (Å²) in [6, 6.07) is 22.1. The molecule has 0 aliphatic rings. The van der Waals surface area contributed by atoms with Crippen molar-refractivity contribution in [1.29, 1.82) is 0 Å². The van der Waals surface area contributed by atoms with Gasteiger partial charge in [0.25, 0.3) is 10.0 Å². The molecule has 0 atom stereocenters. The van der Waals surface area contributed by atoms with Crippen molar-refractivity contribution in [1.82, 2.24) is 9.55 Å². The van der Waals surface area contributed by atoms with Crippen LogP contribution in [0.4, 0.5) is 5.69 Å². The van der Waals surface area contributed by atoms with Crippen LogP contribution in [-0.4, -0.2) is 18.0 Å². The minimum Gasteiger partial charge on any atom is -0.327 e. The number of hydrogen-bond donors (Lipinski definition) is 1. The van der Waals surface area contributed by atoms with E-state index in [1.54, 1.807) is 36.4 Å². The normalized spacial score (nSPS) is 11.6. The first kappa shape index (κ1) is 17.3. The molecule has 4 aromatic rings. The van der Waals surface area contributed by atoms with Crippen molar-refractivity contribution >= 4 is 26.7 Å². The van der Waals surface area contributed by atoms with Crippen LogP contribution in [0.2, 0.25) is 0 Å². The maximum absolute atomic E-state index is 12.6. The first-order valence-corrected chi connectivity index (χ1v) is 10.0. The Morgan fingerprint density at radius 3 is 2.33 bits per heavy atom. The summed E-state index contributed by atoms with van der Waals surface area (Å²) in [5.41, 5.74) is 4.18. The Balaban J connectivity index is 1.71. The predicted molar refractivity (Wildman–Crippen MR) is 108 cm³/mol. The van der Waals surface area contributed by atoms with E-state index in [-0.39, 0.29) is 4.90 Å². The van der Waals surface area contributed by atoms with Gasteiger partial charge in [0.15, 0.2) is 0 Å². The molecule has 1 heterocycles.